The average Bonchev–Trinajstić information content (AvgIpc) is 3.16. The van der Waals surface area contributed by atoms with Gasteiger partial charge in [-0.05, 0) is 48.5 Å². The molecule has 0 unspecified atom stereocenters. The molecule has 0 atom stereocenters. The number of aryl methyl sites for hydroxylation is 1. The maximum Gasteiger partial charge on any atom is 0.269 e. The molecule has 3 rings (SSSR count). The first kappa shape index (κ1) is 21.4. The fourth-order valence-corrected chi connectivity index (χ4v) is 3.24. The third kappa shape index (κ3) is 5.85. The van der Waals surface area contributed by atoms with E-state index < -0.39 is 11.8 Å². The number of imidazole rings is 1. The number of carbonyl (C=O) groups is 3. The number of hydrazine groups is 1. The van der Waals surface area contributed by atoms with Crippen molar-refractivity contribution in [3.8, 4) is 0 Å². The van der Waals surface area contributed by atoms with E-state index in [1.54, 1.807) is 54.7 Å². The van der Waals surface area contributed by atoms with E-state index in [4.69, 9.17) is 11.6 Å². The van der Waals surface area contributed by atoms with Crippen molar-refractivity contribution < 1.29 is 14.4 Å². The lowest BCUT2D eigenvalue weighted by atomic mass is 10.2. The number of aromatic nitrogens is 2. The lowest BCUT2D eigenvalue weighted by Crippen LogP contribution is -2.41. The average molecular weight is 444 g/mol. The van der Waals surface area contributed by atoms with Gasteiger partial charge in [0.05, 0.1) is 5.75 Å². The number of rotatable bonds is 6. The van der Waals surface area contributed by atoms with Crippen LogP contribution in [0.25, 0.3) is 0 Å². The Morgan fingerprint density at radius 2 is 1.53 bits per heavy atom. The number of nitrogens with one attached hydrogen (secondary N) is 3. The summed E-state index contributed by atoms with van der Waals surface area (Å²) in [4.78, 5) is 40.4. The molecule has 0 aliphatic heterocycles. The summed E-state index contributed by atoms with van der Waals surface area (Å²) >= 11 is 7.11. The molecule has 8 nitrogen and oxygen atoms in total. The smallest absolute Gasteiger partial charge is 0.269 e. The van der Waals surface area contributed by atoms with E-state index in [1.165, 1.54) is 11.8 Å². The summed E-state index contributed by atoms with van der Waals surface area (Å²) < 4.78 is 1.83. The molecule has 3 N–H and O–H groups in total. The third-order valence-electron chi connectivity index (χ3n) is 3.94. The van der Waals surface area contributed by atoms with Gasteiger partial charge < -0.3 is 9.88 Å². The molecule has 3 amide bonds. The van der Waals surface area contributed by atoms with Gasteiger partial charge >= 0.3 is 0 Å². The molecule has 0 bridgehead atoms. The molecule has 10 heteroatoms. The number of hydrogen-bond donors (Lipinski definition) is 3. The largest absolute Gasteiger partial charge is 0.329 e. The molecule has 0 fully saturated rings. The first-order chi connectivity index (χ1) is 14.4. The lowest BCUT2D eigenvalue weighted by Gasteiger charge is -2.09. The van der Waals surface area contributed by atoms with Crippen LogP contribution in [0, 0.1) is 0 Å². The monoisotopic (exact) mass is 443 g/mol. The Morgan fingerprint density at radius 3 is 2.07 bits per heavy atom. The molecule has 2 aromatic carbocycles. The van der Waals surface area contributed by atoms with Crippen molar-refractivity contribution in [3.05, 3.63) is 77.1 Å². The second-order valence-corrected chi connectivity index (χ2v) is 7.53. The van der Waals surface area contributed by atoms with Gasteiger partial charge in [-0.2, -0.15) is 0 Å². The SMILES string of the molecule is Cn1ccnc1SCC(=O)Nc1ccc(C(=O)NNC(=O)c2ccc(Cl)cc2)cc1. The van der Waals surface area contributed by atoms with Gasteiger partial charge in [0, 0.05) is 41.3 Å². The second kappa shape index (κ2) is 9.95. The number of thioether (sulfide) groups is 1. The molecule has 3 aromatic rings. The maximum absolute atomic E-state index is 12.2. The van der Waals surface area contributed by atoms with E-state index in [2.05, 4.69) is 21.2 Å². The van der Waals surface area contributed by atoms with E-state index in [9.17, 15) is 14.4 Å². The normalized spacial score (nSPS) is 10.3. The van der Waals surface area contributed by atoms with Crippen LogP contribution in [-0.4, -0.2) is 33.0 Å². The highest BCUT2D eigenvalue weighted by atomic mass is 35.5. The predicted molar refractivity (Wildman–Crippen MR) is 115 cm³/mol. The van der Waals surface area contributed by atoms with Crippen LogP contribution in [0.3, 0.4) is 0 Å². The van der Waals surface area contributed by atoms with E-state index in [0.717, 1.165) is 5.16 Å². The molecule has 154 valence electrons. The Balaban J connectivity index is 1.47. The van der Waals surface area contributed by atoms with Crippen molar-refractivity contribution in [2.24, 2.45) is 7.05 Å². The molecule has 0 saturated carbocycles. The molecule has 0 spiro atoms. The van der Waals surface area contributed by atoms with Crippen LogP contribution in [-0.2, 0) is 11.8 Å². The lowest BCUT2D eigenvalue weighted by molar-refractivity contribution is -0.113. The summed E-state index contributed by atoms with van der Waals surface area (Å²) in [7, 11) is 1.86. The van der Waals surface area contributed by atoms with E-state index >= 15 is 0 Å². The highest BCUT2D eigenvalue weighted by molar-refractivity contribution is 7.99. The van der Waals surface area contributed by atoms with Crippen LogP contribution >= 0.6 is 23.4 Å². The number of carbonyl (C=O) groups excluding carboxylic acids is 3. The number of anilines is 1. The van der Waals surface area contributed by atoms with E-state index in [1.807, 2.05) is 17.8 Å². The van der Waals surface area contributed by atoms with Gasteiger partial charge in [-0.1, -0.05) is 23.4 Å². The summed E-state index contributed by atoms with van der Waals surface area (Å²) in [6.07, 6.45) is 3.48. The van der Waals surface area contributed by atoms with Crippen molar-refractivity contribution in [2.75, 3.05) is 11.1 Å². The zero-order valence-electron chi connectivity index (χ0n) is 15.9. The van der Waals surface area contributed by atoms with Gasteiger partial charge in [0.25, 0.3) is 11.8 Å². The van der Waals surface area contributed by atoms with Crippen molar-refractivity contribution >= 4 is 46.8 Å². The fraction of sp³-hybridized carbons (Fsp3) is 0.100. The molecule has 0 saturated heterocycles. The van der Waals surface area contributed by atoms with E-state index in [0.29, 0.717) is 21.8 Å². The van der Waals surface area contributed by atoms with Gasteiger partial charge in [0.1, 0.15) is 0 Å². The van der Waals surface area contributed by atoms with Crippen molar-refractivity contribution in [1.82, 2.24) is 20.4 Å². The number of amides is 3. The molecule has 0 radical (unpaired) electrons. The van der Waals surface area contributed by atoms with Gasteiger partial charge in [0.2, 0.25) is 5.91 Å². The maximum atomic E-state index is 12.2. The minimum atomic E-state index is -0.486. The summed E-state index contributed by atoms with van der Waals surface area (Å²) in [6, 6.07) is 12.6. The minimum absolute atomic E-state index is 0.185. The highest BCUT2D eigenvalue weighted by Crippen LogP contribution is 2.16. The van der Waals surface area contributed by atoms with Crippen LogP contribution in [0.2, 0.25) is 5.02 Å². The van der Waals surface area contributed by atoms with Gasteiger partial charge in [0.15, 0.2) is 5.16 Å². The third-order valence-corrected chi connectivity index (χ3v) is 5.25. The first-order valence-electron chi connectivity index (χ1n) is 8.78. The Hall–Kier alpha value is -3.30. The highest BCUT2D eigenvalue weighted by Gasteiger charge is 2.10. The van der Waals surface area contributed by atoms with Crippen LogP contribution in [0.1, 0.15) is 20.7 Å². The topological polar surface area (TPSA) is 105 Å². The second-order valence-electron chi connectivity index (χ2n) is 6.15. The number of hydrogen-bond acceptors (Lipinski definition) is 5. The van der Waals surface area contributed by atoms with Crippen molar-refractivity contribution in [1.29, 1.82) is 0 Å². The zero-order valence-corrected chi connectivity index (χ0v) is 17.5. The van der Waals surface area contributed by atoms with E-state index in [-0.39, 0.29) is 11.7 Å². The first-order valence-corrected chi connectivity index (χ1v) is 10.1. The minimum Gasteiger partial charge on any atom is -0.329 e. The summed E-state index contributed by atoms with van der Waals surface area (Å²) in [5, 5.41) is 4.02. The number of halogens is 1. The standard InChI is InChI=1S/C20H18ClN5O3S/c1-26-11-10-22-20(26)30-12-17(27)23-16-8-4-14(5-9-16)19(29)25-24-18(28)13-2-6-15(21)7-3-13/h2-11H,12H2,1H3,(H,23,27)(H,24,28)(H,25,29). The van der Waals surface area contributed by atoms with Gasteiger partial charge in [-0.25, -0.2) is 4.98 Å². The Kier molecular flexibility index (Phi) is 7.10. The summed E-state index contributed by atoms with van der Waals surface area (Å²) in [5.74, 6) is -0.922. The molecule has 0 aliphatic rings. The Bertz CT molecular complexity index is 1050. The molecular weight excluding hydrogens is 426 g/mol. The zero-order chi connectivity index (χ0) is 21.5. The molecular formula is C20H18ClN5O3S. The molecule has 30 heavy (non-hydrogen) atoms. The molecule has 0 aliphatic carbocycles. The van der Waals surface area contributed by atoms with Gasteiger partial charge in [-0.15, -0.1) is 0 Å². The van der Waals surface area contributed by atoms with Crippen molar-refractivity contribution in [3.63, 3.8) is 0 Å². The van der Waals surface area contributed by atoms with Crippen LogP contribution in [0.5, 0.6) is 0 Å². The molecule has 1 aromatic heterocycles. The van der Waals surface area contributed by atoms with Crippen LogP contribution < -0.4 is 16.2 Å². The van der Waals surface area contributed by atoms with Gasteiger partial charge in [-0.3, -0.25) is 25.2 Å². The Labute approximate surface area is 182 Å². The fourth-order valence-electron chi connectivity index (χ4n) is 2.38. The van der Waals surface area contributed by atoms with Crippen LogP contribution in [0.4, 0.5) is 5.69 Å². The number of nitrogens with zero attached hydrogens (tertiary/aromatic N) is 2. The quantitative estimate of drug-likeness (QED) is 0.401. The van der Waals surface area contributed by atoms with Crippen molar-refractivity contribution in [2.45, 2.75) is 5.16 Å². The Morgan fingerprint density at radius 1 is 0.967 bits per heavy atom. The van der Waals surface area contributed by atoms with Crippen LogP contribution in [0.15, 0.2) is 66.1 Å². The number of benzene rings is 2. The predicted octanol–water partition coefficient (Wildman–Crippen LogP) is 2.88. The summed E-state index contributed by atoms with van der Waals surface area (Å²) in [6.45, 7) is 0. The summed E-state index contributed by atoms with van der Waals surface area (Å²) in [5.41, 5.74) is 5.92. The molecule has 1 heterocycles.